The van der Waals surface area contributed by atoms with Crippen LogP contribution in [0.1, 0.15) is 36.0 Å². The van der Waals surface area contributed by atoms with Crippen molar-refractivity contribution < 1.29 is 18.3 Å². The van der Waals surface area contributed by atoms with E-state index in [4.69, 9.17) is 4.74 Å². The second kappa shape index (κ2) is 5.05. The van der Waals surface area contributed by atoms with E-state index in [1.54, 1.807) is 0 Å². The molecule has 0 bridgehead atoms. The van der Waals surface area contributed by atoms with Gasteiger partial charge >= 0.3 is 0 Å². The van der Waals surface area contributed by atoms with E-state index in [2.05, 4.69) is 15.9 Å². The largest absolute Gasteiger partial charge is 0.370 e. The van der Waals surface area contributed by atoms with Crippen molar-refractivity contribution in [2.75, 3.05) is 7.11 Å². The molecule has 0 spiro atoms. The Morgan fingerprint density at radius 3 is 2.50 bits per heavy atom. The van der Waals surface area contributed by atoms with Crippen LogP contribution in [0.2, 0.25) is 0 Å². The first-order valence-corrected chi connectivity index (χ1v) is 6.54. The molecule has 0 unspecified atom stereocenters. The summed E-state index contributed by atoms with van der Waals surface area (Å²) in [6.07, 6.45) is 2.68. The first kappa shape index (κ1) is 13.6. The van der Waals surface area contributed by atoms with Crippen LogP contribution in [0.25, 0.3) is 0 Å². The normalized spacial score (nSPS) is 18.0. The van der Waals surface area contributed by atoms with E-state index < -0.39 is 28.6 Å². The van der Waals surface area contributed by atoms with E-state index >= 15 is 0 Å². The van der Waals surface area contributed by atoms with E-state index in [1.807, 2.05) is 0 Å². The lowest BCUT2D eigenvalue weighted by molar-refractivity contribution is 0.00532. The van der Waals surface area contributed by atoms with Crippen molar-refractivity contribution in [3.05, 3.63) is 33.8 Å². The van der Waals surface area contributed by atoms with E-state index in [0.717, 1.165) is 18.9 Å². The van der Waals surface area contributed by atoms with Gasteiger partial charge in [0.25, 0.3) is 0 Å². The summed E-state index contributed by atoms with van der Waals surface area (Å²) < 4.78 is 33.0. The second-order valence-corrected chi connectivity index (χ2v) is 5.31. The molecule has 2 rings (SSSR count). The second-order valence-electron chi connectivity index (χ2n) is 4.45. The highest BCUT2D eigenvalue weighted by atomic mass is 79.9. The van der Waals surface area contributed by atoms with Crippen LogP contribution in [0, 0.1) is 11.6 Å². The molecule has 0 atom stereocenters. The fourth-order valence-corrected chi connectivity index (χ4v) is 2.76. The molecule has 0 aliphatic heterocycles. The van der Waals surface area contributed by atoms with Gasteiger partial charge in [0.05, 0.1) is 10.0 Å². The van der Waals surface area contributed by atoms with Gasteiger partial charge in [0.1, 0.15) is 11.4 Å². The van der Waals surface area contributed by atoms with E-state index in [9.17, 15) is 13.6 Å². The number of carbonyl (C=O) groups excluding carboxylic acids is 1. The van der Waals surface area contributed by atoms with Crippen molar-refractivity contribution in [3.8, 4) is 0 Å². The summed E-state index contributed by atoms with van der Waals surface area (Å²) in [6.45, 7) is 0. The molecule has 1 aliphatic rings. The standard InChI is InChI=1S/C13H13BrF2O2/c1-18-13(6-2-3-7-13)12(17)10-9(15)5-4-8(14)11(10)16/h4-5H,2-3,6-7H2,1H3. The fourth-order valence-electron chi connectivity index (χ4n) is 2.43. The number of hydrogen-bond donors (Lipinski definition) is 0. The molecule has 18 heavy (non-hydrogen) atoms. The summed E-state index contributed by atoms with van der Waals surface area (Å²) in [7, 11) is 1.41. The zero-order valence-electron chi connectivity index (χ0n) is 9.93. The van der Waals surface area contributed by atoms with Gasteiger partial charge in [-0.25, -0.2) is 8.78 Å². The van der Waals surface area contributed by atoms with E-state index in [-0.39, 0.29) is 4.47 Å². The van der Waals surface area contributed by atoms with Crippen LogP contribution >= 0.6 is 15.9 Å². The quantitative estimate of drug-likeness (QED) is 0.624. The molecule has 1 aromatic carbocycles. The van der Waals surface area contributed by atoms with Crippen LogP contribution < -0.4 is 0 Å². The molecular formula is C13H13BrF2O2. The highest BCUT2D eigenvalue weighted by Crippen LogP contribution is 2.37. The average molecular weight is 319 g/mol. The molecule has 0 N–H and O–H groups in total. The number of benzene rings is 1. The molecular weight excluding hydrogens is 306 g/mol. The Kier molecular flexibility index (Phi) is 3.82. The molecule has 1 aliphatic carbocycles. The SMILES string of the molecule is COC1(C(=O)c2c(F)ccc(Br)c2F)CCCC1. The number of halogens is 3. The molecule has 0 aromatic heterocycles. The number of hydrogen-bond acceptors (Lipinski definition) is 2. The summed E-state index contributed by atoms with van der Waals surface area (Å²) >= 11 is 2.96. The summed E-state index contributed by atoms with van der Waals surface area (Å²) in [5.41, 5.74) is -1.57. The Balaban J connectivity index is 2.49. The lowest BCUT2D eigenvalue weighted by Crippen LogP contribution is -2.38. The molecule has 1 aromatic rings. The minimum absolute atomic E-state index is 0.0801. The molecule has 98 valence electrons. The van der Waals surface area contributed by atoms with Crippen molar-refractivity contribution in [2.24, 2.45) is 0 Å². The third-order valence-electron chi connectivity index (χ3n) is 3.49. The summed E-state index contributed by atoms with van der Waals surface area (Å²) in [5.74, 6) is -2.30. The Labute approximate surface area is 112 Å². The Bertz CT molecular complexity index is 482. The monoisotopic (exact) mass is 318 g/mol. The van der Waals surface area contributed by atoms with Crippen LogP contribution in [-0.4, -0.2) is 18.5 Å². The minimum Gasteiger partial charge on any atom is -0.370 e. The van der Waals surface area contributed by atoms with Gasteiger partial charge in [-0.1, -0.05) is 0 Å². The van der Waals surface area contributed by atoms with Gasteiger partial charge in [-0.05, 0) is 53.7 Å². The highest BCUT2D eigenvalue weighted by Gasteiger charge is 2.43. The Morgan fingerprint density at radius 1 is 1.33 bits per heavy atom. The van der Waals surface area contributed by atoms with Crippen LogP contribution in [0.5, 0.6) is 0 Å². The van der Waals surface area contributed by atoms with Gasteiger partial charge in [0.15, 0.2) is 5.82 Å². The zero-order valence-corrected chi connectivity index (χ0v) is 11.5. The molecule has 5 heteroatoms. The topological polar surface area (TPSA) is 26.3 Å². The molecule has 0 heterocycles. The maximum Gasteiger partial charge on any atom is 0.200 e. The van der Waals surface area contributed by atoms with Crippen molar-refractivity contribution in [2.45, 2.75) is 31.3 Å². The average Bonchev–Trinajstić information content (AvgIpc) is 2.84. The van der Waals surface area contributed by atoms with Crippen molar-refractivity contribution >= 4 is 21.7 Å². The minimum atomic E-state index is -1.07. The van der Waals surface area contributed by atoms with Crippen LogP contribution in [-0.2, 0) is 4.74 Å². The number of ketones is 1. The number of rotatable bonds is 3. The van der Waals surface area contributed by atoms with Gasteiger partial charge in [0, 0.05) is 7.11 Å². The number of Topliss-reactive ketones (excluding diaryl/α,β-unsaturated/α-hetero) is 1. The van der Waals surface area contributed by atoms with Crippen LogP contribution in [0.15, 0.2) is 16.6 Å². The van der Waals surface area contributed by atoms with E-state index in [0.29, 0.717) is 12.8 Å². The predicted octanol–water partition coefficient (Wildman–Crippen LogP) is 3.87. The summed E-state index contributed by atoms with van der Waals surface area (Å²) in [5, 5.41) is 0. The number of ether oxygens (including phenoxy) is 1. The van der Waals surface area contributed by atoms with Crippen molar-refractivity contribution in [1.29, 1.82) is 0 Å². The molecule has 0 amide bonds. The maximum atomic E-state index is 13.9. The lowest BCUT2D eigenvalue weighted by atomic mass is 9.90. The third-order valence-corrected chi connectivity index (χ3v) is 4.10. The lowest BCUT2D eigenvalue weighted by Gasteiger charge is -2.26. The first-order valence-electron chi connectivity index (χ1n) is 5.75. The van der Waals surface area contributed by atoms with Crippen LogP contribution in [0.3, 0.4) is 0 Å². The molecule has 0 radical (unpaired) electrons. The van der Waals surface area contributed by atoms with Gasteiger partial charge in [-0.2, -0.15) is 0 Å². The summed E-state index contributed by atoms with van der Waals surface area (Å²) in [4.78, 5) is 12.4. The molecule has 2 nitrogen and oxygen atoms in total. The Hall–Kier alpha value is -0.810. The molecule has 1 fully saturated rings. The molecule has 0 saturated heterocycles. The third kappa shape index (κ3) is 2.10. The summed E-state index contributed by atoms with van der Waals surface area (Å²) in [6, 6.07) is 2.33. The van der Waals surface area contributed by atoms with E-state index in [1.165, 1.54) is 13.2 Å². The highest BCUT2D eigenvalue weighted by molar-refractivity contribution is 9.10. The van der Waals surface area contributed by atoms with Crippen molar-refractivity contribution in [1.82, 2.24) is 0 Å². The predicted molar refractivity (Wildman–Crippen MR) is 66.6 cm³/mol. The number of carbonyl (C=O) groups is 1. The fraction of sp³-hybridized carbons (Fsp3) is 0.462. The van der Waals surface area contributed by atoms with Crippen molar-refractivity contribution in [3.63, 3.8) is 0 Å². The van der Waals surface area contributed by atoms with Crippen LogP contribution in [0.4, 0.5) is 8.78 Å². The zero-order chi connectivity index (χ0) is 13.3. The van der Waals surface area contributed by atoms with Gasteiger partial charge in [-0.3, -0.25) is 4.79 Å². The first-order chi connectivity index (χ1) is 8.52. The smallest absolute Gasteiger partial charge is 0.200 e. The van der Waals surface area contributed by atoms with Gasteiger partial charge < -0.3 is 4.74 Å². The molecule has 1 saturated carbocycles. The van der Waals surface area contributed by atoms with Gasteiger partial charge in [0.2, 0.25) is 5.78 Å². The maximum absolute atomic E-state index is 13.9. The van der Waals surface area contributed by atoms with Gasteiger partial charge in [-0.15, -0.1) is 0 Å². The Morgan fingerprint density at radius 2 is 1.94 bits per heavy atom. The number of methoxy groups -OCH3 is 1.